The maximum Gasteiger partial charge on any atom is 0.226 e. The molecule has 1 aliphatic heterocycles. The lowest BCUT2D eigenvalue weighted by molar-refractivity contribution is -0.127. The number of fused-ring (bicyclic) bond motifs is 1. The summed E-state index contributed by atoms with van der Waals surface area (Å²) in [6, 6.07) is 12.9. The molecule has 1 fully saturated rings. The van der Waals surface area contributed by atoms with Crippen molar-refractivity contribution in [3.8, 4) is 5.69 Å². The van der Waals surface area contributed by atoms with E-state index in [1.165, 1.54) is 23.1 Å². The van der Waals surface area contributed by atoms with Crippen LogP contribution >= 0.6 is 0 Å². The Morgan fingerprint density at radius 3 is 2.54 bits per heavy atom. The lowest BCUT2D eigenvalue weighted by atomic mass is 9.89. The van der Waals surface area contributed by atoms with Crippen LogP contribution in [-0.4, -0.2) is 42.6 Å². The van der Waals surface area contributed by atoms with Crippen molar-refractivity contribution in [2.75, 3.05) is 27.2 Å². The van der Waals surface area contributed by atoms with Gasteiger partial charge in [-0.15, -0.1) is 0 Å². The topological polar surface area (TPSA) is 37.3 Å². The van der Waals surface area contributed by atoms with Gasteiger partial charge in [0, 0.05) is 31.4 Å². The van der Waals surface area contributed by atoms with Gasteiger partial charge in [0.1, 0.15) is 5.82 Å². The van der Waals surface area contributed by atoms with Crippen molar-refractivity contribution in [2.45, 2.75) is 25.2 Å². The Labute approximate surface area is 165 Å². The summed E-state index contributed by atoms with van der Waals surface area (Å²) in [6.45, 7) is 2.04. The van der Waals surface area contributed by atoms with Crippen LogP contribution in [0.2, 0.25) is 0 Å². The molecule has 1 aliphatic rings. The van der Waals surface area contributed by atoms with Gasteiger partial charge in [0.2, 0.25) is 5.91 Å². The molecule has 0 radical (unpaired) electrons. The van der Waals surface area contributed by atoms with Crippen LogP contribution in [0.4, 0.5) is 4.39 Å². The lowest BCUT2D eigenvalue weighted by Crippen LogP contribution is -2.26. The first-order chi connectivity index (χ1) is 13.5. The summed E-state index contributed by atoms with van der Waals surface area (Å²) < 4.78 is 15.5. The molecule has 1 saturated heterocycles. The summed E-state index contributed by atoms with van der Waals surface area (Å²) in [5, 5.41) is 4.62. The van der Waals surface area contributed by atoms with Gasteiger partial charge in [-0.25, -0.2) is 4.39 Å². The first-order valence-corrected chi connectivity index (χ1v) is 9.83. The normalized spacial score (nSPS) is 15.1. The number of carbonyl (C=O) groups excluding carboxylic acids is 1. The molecule has 5 heteroatoms. The summed E-state index contributed by atoms with van der Waals surface area (Å²) in [5.74, 6) is 0.356. The number of likely N-dealkylation sites (N-methyl/N-ethyl adjacent to an activating group) is 1. The van der Waals surface area contributed by atoms with Crippen molar-refractivity contribution in [1.82, 2.24) is 14.8 Å². The predicted octanol–water partition coefficient (Wildman–Crippen LogP) is 3.87. The summed E-state index contributed by atoms with van der Waals surface area (Å²) in [5.41, 5.74) is 4.39. The van der Waals surface area contributed by atoms with Crippen LogP contribution in [0.3, 0.4) is 0 Å². The second-order valence-corrected chi connectivity index (χ2v) is 7.77. The van der Waals surface area contributed by atoms with Crippen molar-refractivity contribution < 1.29 is 9.18 Å². The molecule has 1 aromatic heterocycles. The third kappa shape index (κ3) is 3.67. The SMILES string of the molecule is CN(C)C(=O)Cc1ccc2c(c1)c(C1CCNCC1)cn2-c1ccc(F)cc1. The highest BCUT2D eigenvalue weighted by atomic mass is 19.1. The molecule has 4 rings (SSSR count). The molecule has 1 N–H and O–H groups in total. The average Bonchev–Trinajstić information content (AvgIpc) is 3.08. The van der Waals surface area contributed by atoms with E-state index in [1.54, 1.807) is 19.0 Å². The van der Waals surface area contributed by atoms with Gasteiger partial charge in [0.15, 0.2) is 0 Å². The van der Waals surface area contributed by atoms with Gasteiger partial charge in [-0.2, -0.15) is 0 Å². The molecule has 0 spiro atoms. The number of nitrogens with zero attached hydrogens (tertiary/aromatic N) is 2. The molecule has 0 saturated carbocycles. The van der Waals surface area contributed by atoms with Crippen LogP contribution in [0.1, 0.15) is 29.9 Å². The largest absolute Gasteiger partial charge is 0.349 e. The standard InChI is InChI=1S/C23H26FN3O/c1-26(2)23(28)14-16-3-8-22-20(13-16)21(17-9-11-25-12-10-17)15-27(22)19-6-4-18(24)5-7-19/h3-8,13,15,17,25H,9-12,14H2,1-2H3. The van der Waals surface area contributed by atoms with Crippen molar-refractivity contribution in [3.63, 3.8) is 0 Å². The first-order valence-electron chi connectivity index (χ1n) is 9.83. The number of hydrogen-bond donors (Lipinski definition) is 1. The van der Waals surface area contributed by atoms with E-state index in [0.717, 1.165) is 42.7 Å². The molecule has 2 aromatic carbocycles. The molecule has 0 bridgehead atoms. The summed E-state index contributed by atoms with van der Waals surface area (Å²) >= 11 is 0. The van der Waals surface area contributed by atoms with E-state index in [1.807, 2.05) is 18.2 Å². The fraction of sp³-hybridized carbons (Fsp3) is 0.348. The van der Waals surface area contributed by atoms with Crippen LogP contribution in [0.25, 0.3) is 16.6 Å². The van der Waals surface area contributed by atoms with E-state index in [2.05, 4.69) is 28.2 Å². The smallest absolute Gasteiger partial charge is 0.226 e. The van der Waals surface area contributed by atoms with Crippen molar-refractivity contribution >= 4 is 16.8 Å². The Kier molecular flexibility index (Phi) is 5.18. The third-order valence-electron chi connectivity index (χ3n) is 5.64. The van der Waals surface area contributed by atoms with Crippen LogP contribution < -0.4 is 5.32 Å². The van der Waals surface area contributed by atoms with Gasteiger partial charge >= 0.3 is 0 Å². The number of hydrogen-bond acceptors (Lipinski definition) is 2. The number of rotatable bonds is 4. The fourth-order valence-corrected chi connectivity index (χ4v) is 4.02. The van der Waals surface area contributed by atoms with Crippen molar-refractivity contribution in [1.29, 1.82) is 0 Å². The number of benzene rings is 2. The maximum atomic E-state index is 13.4. The molecule has 0 unspecified atom stereocenters. The molecule has 0 aliphatic carbocycles. The molecule has 146 valence electrons. The van der Waals surface area contributed by atoms with E-state index < -0.39 is 0 Å². The molecule has 3 aromatic rings. The molecular weight excluding hydrogens is 353 g/mol. The number of aromatic nitrogens is 1. The Hall–Kier alpha value is -2.66. The van der Waals surface area contributed by atoms with Gasteiger partial charge in [0.05, 0.1) is 11.9 Å². The highest BCUT2D eigenvalue weighted by molar-refractivity contribution is 5.88. The number of halogens is 1. The minimum absolute atomic E-state index is 0.0979. The Morgan fingerprint density at radius 1 is 1.14 bits per heavy atom. The molecule has 2 heterocycles. The zero-order chi connectivity index (χ0) is 19.7. The Bertz CT molecular complexity index is 985. The molecule has 28 heavy (non-hydrogen) atoms. The van der Waals surface area contributed by atoms with E-state index in [0.29, 0.717) is 12.3 Å². The second-order valence-electron chi connectivity index (χ2n) is 7.77. The number of carbonyl (C=O) groups is 1. The third-order valence-corrected chi connectivity index (χ3v) is 5.64. The molecule has 4 nitrogen and oxygen atoms in total. The van der Waals surface area contributed by atoms with Crippen LogP contribution in [-0.2, 0) is 11.2 Å². The van der Waals surface area contributed by atoms with Gasteiger partial charge in [-0.3, -0.25) is 4.79 Å². The van der Waals surface area contributed by atoms with E-state index in [-0.39, 0.29) is 11.7 Å². The van der Waals surface area contributed by atoms with Crippen LogP contribution in [0, 0.1) is 5.82 Å². The van der Waals surface area contributed by atoms with Gasteiger partial charge in [0.25, 0.3) is 0 Å². The Balaban J connectivity index is 1.81. The van der Waals surface area contributed by atoms with Gasteiger partial charge in [-0.1, -0.05) is 6.07 Å². The number of piperidine rings is 1. The summed E-state index contributed by atoms with van der Waals surface area (Å²) in [4.78, 5) is 13.8. The number of nitrogens with one attached hydrogen (secondary N) is 1. The minimum Gasteiger partial charge on any atom is -0.349 e. The van der Waals surface area contributed by atoms with Gasteiger partial charge in [-0.05, 0) is 79.4 Å². The summed E-state index contributed by atoms with van der Waals surface area (Å²) in [6.07, 6.45) is 4.80. The second kappa shape index (κ2) is 7.76. The van der Waals surface area contributed by atoms with E-state index >= 15 is 0 Å². The van der Waals surface area contributed by atoms with Crippen LogP contribution in [0.15, 0.2) is 48.7 Å². The monoisotopic (exact) mass is 379 g/mol. The highest BCUT2D eigenvalue weighted by Gasteiger charge is 2.21. The average molecular weight is 379 g/mol. The Morgan fingerprint density at radius 2 is 1.86 bits per heavy atom. The maximum absolute atomic E-state index is 13.4. The van der Waals surface area contributed by atoms with Gasteiger partial charge < -0.3 is 14.8 Å². The van der Waals surface area contributed by atoms with Crippen molar-refractivity contribution in [3.05, 3.63) is 65.6 Å². The molecule has 1 amide bonds. The molecular formula is C23H26FN3O. The van der Waals surface area contributed by atoms with E-state index in [9.17, 15) is 9.18 Å². The van der Waals surface area contributed by atoms with Crippen molar-refractivity contribution in [2.24, 2.45) is 0 Å². The highest BCUT2D eigenvalue weighted by Crippen LogP contribution is 2.35. The lowest BCUT2D eigenvalue weighted by Gasteiger charge is -2.22. The molecule has 0 atom stereocenters. The quantitative estimate of drug-likeness (QED) is 0.747. The summed E-state index contributed by atoms with van der Waals surface area (Å²) in [7, 11) is 3.57. The minimum atomic E-state index is -0.233. The number of amides is 1. The zero-order valence-corrected chi connectivity index (χ0v) is 16.4. The zero-order valence-electron chi connectivity index (χ0n) is 16.4. The first kappa shape index (κ1) is 18.7. The predicted molar refractivity (Wildman–Crippen MR) is 110 cm³/mol. The van der Waals surface area contributed by atoms with E-state index in [4.69, 9.17) is 0 Å². The fourth-order valence-electron chi connectivity index (χ4n) is 4.02. The van der Waals surface area contributed by atoms with Crippen LogP contribution in [0.5, 0.6) is 0 Å².